The van der Waals surface area contributed by atoms with Gasteiger partial charge in [0, 0.05) is 11.8 Å². The Labute approximate surface area is 180 Å². The van der Waals surface area contributed by atoms with Crippen molar-refractivity contribution in [2.45, 2.75) is 6.54 Å². The second-order valence-corrected chi connectivity index (χ2v) is 6.61. The molecule has 0 fully saturated rings. The number of hydrogen-bond acceptors (Lipinski definition) is 8. The molecule has 0 radical (unpaired) electrons. The van der Waals surface area contributed by atoms with Crippen LogP contribution in [0.3, 0.4) is 0 Å². The molecule has 1 aromatic carbocycles. The number of anilines is 3. The van der Waals surface area contributed by atoms with Crippen LogP contribution < -0.4 is 16.8 Å². The zero-order valence-electron chi connectivity index (χ0n) is 16.6. The minimum Gasteiger partial charge on any atom is -0.447 e. The van der Waals surface area contributed by atoms with E-state index in [1.54, 1.807) is 36.5 Å². The number of hydrogen-bond donors (Lipinski definition) is 3. The smallest absolute Gasteiger partial charge is 0.411 e. The topological polar surface area (TPSA) is 147 Å². The number of halogens is 2. The van der Waals surface area contributed by atoms with Gasteiger partial charge in [-0.25, -0.2) is 33.2 Å². The number of nitrogens with two attached hydrogens (primary N) is 2. The first-order chi connectivity index (χ1) is 15.5. The van der Waals surface area contributed by atoms with Crippen LogP contribution in [0.1, 0.15) is 5.56 Å². The van der Waals surface area contributed by atoms with E-state index in [1.807, 2.05) is 0 Å². The average Bonchev–Trinajstić information content (AvgIpc) is 3.15. The average molecular weight is 440 g/mol. The number of nitrogens with zero attached hydrogens (tertiary/aromatic N) is 5. The minimum atomic E-state index is -0.943. The van der Waals surface area contributed by atoms with Gasteiger partial charge in [-0.05, 0) is 18.2 Å². The SMILES string of the molecule is Nc1nc(-c2nn(Cc3ccccc3F)c3ncccc23)nc(N)c1NC(=O)OCCF. The van der Waals surface area contributed by atoms with Gasteiger partial charge in [-0.1, -0.05) is 18.2 Å². The van der Waals surface area contributed by atoms with Crippen LogP contribution in [-0.2, 0) is 11.3 Å². The minimum absolute atomic E-state index is 0.0640. The predicted octanol–water partition coefficient (Wildman–Crippen LogP) is 2.76. The van der Waals surface area contributed by atoms with Crippen molar-refractivity contribution in [2.24, 2.45) is 0 Å². The number of fused-ring (bicyclic) bond motifs is 1. The molecule has 0 saturated carbocycles. The van der Waals surface area contributed by atoms with Gasteiger partial charge in [0.05, 0.1) is 11.9 Å². The summed E-state index contributed by atoms with van der Waals surface area (Å²) in [4.78, 5) is 24.4. The first-order valence-corrected chi connectivity index (χ1v) is 9.46. The molecule has 1 amide bonds. The van der Waals surface area contributed by atoms with Gasteiger partial charge in [-0.3, -0.25) is 5.32 Å². The number of aromatic nitrogens is 5. The quantitative estimate of drug-likeness (QED) is 0.415. The van der Waals surface area contributed by atoms with E-state index in [4.69, 9.17) is 11.5 Å². The molecule has 0 aliphatic carbocycles. The van der Waals surface area contributed by atoms with Gasteiger partial charge in [0.15, 0.2) is 23.1 Å². The third-order valence-electron chi connectivity index (χ3n) is 4.50. The summed E-state index contributed by atoms with van der Waals surface area (Å²) in [6.45, 7) is -1.11. The van der Waals surface area contributed by atoms with Crippen LogP contribution in [0.4, 0.5) is 30.9 Å². The standard InChI is InChI=1S/C20H18F2N8O2/c21-7-9-32-20(31)26-15-16(23)27-18(28-17(15)24)14-12-5-3-8-25-19(12)30(29-14)10-11-4-1-2-6-13(11)22/h1-6,8H,7,9-10H2,(H,26,31)(H4,23,24,27,28). The van der Waals surface area contributed by atoms with Crippen molar-refractivity contribution in [1.82, 2.24) is 24.7 Å². The van der Waals surface area contributed by atoms with Gasteiger partial charge in [-0.15, -0.1) is 0 Å². The number of rotatable bonds is 6. The molecular formula is C20H18F2N8O2. The van der Waals surface area contributed by atoms with E-state index in [2.05, 4.69) is 30.1 Å². The third kappa shape index (κ3) is 4.10. The Kier molecular flexibility index (Phi) is 5.75. The first kappa shape index (κ1) is 20.9. The molecule has 10 nitrogen and oxygen atoms in total. The van der Waals surface area contributed by atoms with E-state index in [9.17, 15) is 13.6 Å². The van der Waals surface area contributed by atoms with E-state index in [0.717, 1.165) is 0 Å². The molecule has 3 aromatic heterocycles. The molecule has 0 aliphatic heterocycles. The van der Waals surface area contributed by atoms with Crippen LogP contribution >= 0.6 is 0 Å². The molecule has 12 heteroatoms. The predicted molar refractivity (Wildman–Crippen MR) is 114 cm³/mol. The molecule has 3 heterocycles. The summed E-state index contributed by atoms with van der Waals surface area (Å²) in [5, 5.41) is 7.40. The molecule has 0 atom stereocenters. The number of amides is 1. The van der Waals surface area contributed by atoms with E-state index in [1.165, 1.54) is 10.7 Å². The van der Waals surface area contributed by atoms with Crippen molar-refractivity contribution in [3.05, 3.63) is 54.0 Å². The van der Waals surface area contributed by atoms with E-state index >= 15 is 0 Å². The van der Waals surface area contributed by atoms with Crippen LogP contribution in [0.2, 0.25) is 0 Å². The number of alkyl halides is 1. The number of nitrogen functional groups attached to an aromatic ring is 2. The molecule has 164 valence electrons. The number of pyridine rings is 1. The summed E-state index contributed by atoms with van der Waals surface area (Å²) in [6, 6.07) is 9.83. The van der Waals surface area contributed by atoms with Crippen molar-refractivity contribution in [2.75, 3.05) is 30.1 Å². The Balaban J connectivity index is 1.72. The van der Waals surface area contributed by atoms with Crippen molar-refractivity contribution < 1.29 is 18.3 Å². The highest BCUT2D eigenvalue weighted by Gasteiger charge is 2.20. The maximum Gasteiger partial charge on any atom is 0.411 e. The molecule has 0 spiro atoms. The summed E-state index contributed by atoms with van der Waals surface area (Å²) in [5.41, 5.74) is 13.1. The molecule has 5 N–H and O–H groups in total. The number of benzene rings is 1. The summed E-state index contributed by atoms with van der Waals surface area (Å²) >= 11 is 0. The monoisotopic (exact) mass is 440 g/mol. The van der Waals surface area contributed by atoms with E-state index in [0.29, 0.717) is 22.3 Å². The van der Waals surface area contributed by atoms with Crippen molar-refractivity contribution >= 4 is 34.4 Å². The molecular weight excluding hydrogens is 422 g/mol. The molecule has 0 unspecified atom stereocenters. The van der Waals surface area contributed by atoms with Crippen LogP contribution in [0.5, 0.6) is 0 Å². The summed E-state index contributed by atoms with van der Waals surface area (Å²) in [7, 11) is 0. The van der Waals surface area contributed by atoms with E-state index in [-0.39, 0.29) is 35.5 Å². The lowest BCUT2D eigenvalue weighted by Gasteiger charge is -2.10. The summed E-state index contributed by atoms with van der Waals surface area (Å²) in [6.07, 6.45) is 0.645. The lowest BCUT2D eigenvalue weighted by Crippen LogP contribution is -2.18. The largest absolute Gasteiger partial charge is 0.447 e. The second-order valence-electron chi connectivity index (χ2n) is 6.61. The molecule has 0 saturated heterocycles. The zero-order chi connectivity index (χ0) is 22.7. The molecule has 32 heavy (non-hydrogen) atoms. The Morgan fingerprint density at radius 1 is 1.12 bits per heavy atom. The Bertz CT molecular complexity index is 1270. The van der Waals surface area contributed by atoms with Gasteiger partial charge in [-0.2, -0.15) is 5.10 Å². The van der Waals surface area contributed by atoms with Crippen LogP contribution in [-0.4, -0.2) is 44.1 Å². The van der Waals surface area contributed by atoms with Gasteiger partial charge >= 0.3 is 6.09 Å². The maximum absolute atomic E-state index is 14.2. The van der Waals surface area contributed by atoms with Crippen LogP contribution in [0, 0.1) is 5.82 Å². The van der Waals surface area contributed by atoms with Crippen LogP contribution in [0.15, 0.2) is 42.6 Å². The maximum atomic E-state index is 14.2. The van der Waals surface area contributed by atoms with Gasteiger partial charge in [0.25, 0.3) is 0 Å². The highest BCUT2D eigenvalue weighted by molar-refractivity contribution is 5.94. The fourth-order valence-corrected chi connectivity index (χ4v) is 3.07. The van der Waals surface area contributed by atoms with Crippen molar-refractivity contribution in [3.63, 3.8) is 0 Å². The molecule has 4 rings (SSSR count). The highest BCUT2D eigenvalue weighted by Crippen LogP contribution is 2.30. The molecule has 0 bridgehead atoms. The van der Waals surface area contributed by atoms with E-state index < -0.39 is 19.4 Å². The van der Waals surface area contributed by atoms with Gasteiger partial charge in [0.1, 0.15) is 30.5 Å². The number of carbonyl (C=O) groups excluding carboxylic acids is 1. The first-order valence-electron chi connectivity index (χ1n) is 9.46. The lowest BCUT2D eigenvalue weighted by molar-refractivity contribution is 0.152. The number of ether oxygens (including phenoxy) is 1. The summed E-state index contributed by atoms with van der Waals surface area (Å²) in [5.74, 6) is -0.544. The molecule has 0 aliphatic rings. The van der Waals surface area contributed by atoms with Crippen molar-refractivity contribution in [1.29, 1.82) is 0 Å². The lowest BCUT2D eigenvalue weighted by atomic mass is 10.2. The fourth-order valence-electron chi connectivity index (χ4n) is 3.07. The Hall–Kier alpha value is -4.35. The van der Waals surface area contributed by atoms with Crippen molar-refractivity contribution in [3.8, 4) is 11.5 Å². The molecule has 4 aromatic rings. The Morgan fingerprint density at radius 2 is 1.88 bits per heavy atom. The zero-order valence-corrected chi connectivity index (χ0v) is 16.6. The Morgan fingerprint density at radius 3 is 2.59 bits per heavy atom. The van der Waals surface area contributed by atoms with Crippen LogP contribution in [0.25, 0.3) is 22.6 Å². The number of nitrogens with one attached hydrogen (secondary N) is 1. The normalized spacial score (nSPS) is 10.9. The van der Waals surface area contributed by atoms with Gasteiger partial charge < -0.3 is 16.2 Å². The third-order valence-corrected chi connectivity index (χ3v) is 4.50. The van der Waals surface area contributed by atoms with Gasteiger partial charge in [0.2, 0.25) is 0 Å². The fraction of sp³-hybridized carbons (Fsp3) is 0.150. The summed E-state index contributed by atoms with van der Waals surface area (Å²) < 4.78 is 32.4. The second kappa shape index (κ2) is 8.79. The number of carbonyl (C=O) groups is 1. The highest BCUT2D eigenvalue weighted by atomic mass is 19.1.